The molecule has 8 heavy (non-hydrogen) atoms. The molecule has 0 radical (unpaired) electrons. The molecule has 0 amide bonds. The smallest absolute Gasteiger partial charge is 0.332 e. The van der Waals surface area contributed by atoms with Crippen molar-refractivity contribution in [2.45, 2.75) is 19.4 Å². The Morgan fingerprint density at radius 1 is 1.75 bits per heavy atom. The molecule has 0 bridgehead atoms. The molecule has 0 saturated carbocycles. The number of carbonyl (C=O) groups is 1. The summed E-state index contributed by atoms with van der Waals surface area (Å²) in [5.74, 6) is -1.15. The summed E-state index contributed by atoms with van der Waals surface area (Å²) in [5.41, 5.74) is 0. The fourth-order valence-corrected chi connectivity index (χ4v) is 0.175. The van der Waals surface area contributed by atoms with E-state index in [4.69, 9.17) is 10.2 Å². The van der Waals surface area contributed by atoms with Crippen molar-refractivity contribution >= 4 is 5.97 Å². The maximum Gasteiger partial charge on any atom is 0.332 e. The maximum absolute atomic E-state index is 9.68. The van der Waals surface area contributed by atoms with Crippen LogP contribution >= 0.6 is 0 Å². The standard InChI is InChI=1S/C4H8O3.Zn/c1-2-3(5)4(6)7;/h3,5H,2H2,1H3,(H,6,7);. The van der Waals surface area contributed by atoms with Gasteiger partial charge in [-0.15, -0.1) is 0 Å². The molecule has 1 atom stereocenters. The number of carboxylic acid groups (broad SMARTS) is 1. The first-order valence-corrected chi connectivity index (χ1v) is 2.09. The summed E-state index contributed by atoms with van der Waals surface area (Å²) in [5, 5.41) is 16.3. The Morgan fingerprint density at radius 3 is 2.12 bits per heavy atom. The predicted octanol–water partition coefficient (Wildman–Crippen LogP) is -0.161. The van der Waals surface area contributed by atoms with Gasteiger partial charge in [-0.25, -0.2) is 4.79 Å². The van der Waals surface area contributed by atoms with Gasteiger partial charge in [0.1, 0.15) is 0 Å². The van der Waals surface area contributed by atoms with Crippen molar-refractivity contribution in [3.8, 4) is 0 Å². The van der Waals surface area contributed by atoms with Gasteiger partial charge in [-0.1, -0.05) is 6.92 Å². The van der Waals surface area contributed by atoms with Crippen LogP contribution in [0.1, 0.15) is 13.3 Å². The number of carboxylic acids is 1. The molecule has 0 aromatic rings. The van der Waals surface area contributed by atoms with Gasteiger partial charge < -0.3 is 10.2 Å². The summed E-state index contributed by atoms with van der Waals surface area (Å²) in [6.45, 7) is 1.61. The topological polar surface area (TPSA) is 57.5 Å². The molecule has 0 fully saturated rings. The fourth-order valence-electron chi connectivity index (χ4n) is 0.175. The van der Waals surface area contributed by atoms with E-state index >= 15 is 0 Å². The first-order valence-electron chi connectivity index (χ1n) is 2.09. The van der Waals surface area contributed by atoms with E-state index in [2.05, 4.69) is 0 Å². The summed E-state index contributed by atoms with van der Waals surface area (Å²) in [4.78, 5) is 9.68. The normalized spacial score (nSPS) is 11.8. The molecule has 2 N–H and O–H groups in total. The van der Waals surface area contributed by atoms with Crippen LogP contribution in [0.15, 0.2) is 0 Å². The molecule has 4 heteroatoms. The van der Waals surface area contributed by atoms with Crippen LogP contribution in [0.5, 0.6) is 0 Å². The van der Waals surface area contributed by atoms with Crippen molar-refractivity contribution in [1.82, 2.24) is 0 Å². The molecule has 3 nitrogen and oxygen atoms in total. The average Bonchev–Trinajstić information content (AvgIpc) is 1.65. The van der Waals surface area contributed by atoms with E-state index in [9.17, 15) is 4.79 Å². The average molecular weight is 169 g/mol. The van der Waals surface area contributed by atoms with E-state index in [0.717, 1.165) is 0 Å². The second-order valence-electron chi connectivity index (χ2n) is 1.26. The van der Waals surface area contributed by atoms with E-state index < -0.39 is 12.1 Å². The minimum atomic E-state index is -1.18. The monoisotopic (exact) mass is 168 g/mol. The van der Waals surface area contributed by atoms with Gasteiger partial charge in [0.25, 0.3) is 0 Å². The molecular formula is C4H8O3Zn. The number of rotatable bonds is 2. The van der Waals surface area contributed by atoms with Crippen LogP contribution in [0.4, 0.5) is 0 Å². The SMILES string of the molecule is CCC(O)C(=O)O.[Zn]. The molecule has 0 aliphatic rings. The molecule has 0 spiro atoms. The molecule has 0 aliphatic heterocycles. The number of hydrogen-bond acceptors (Lipinski definition) is 2. The van der Waals surface area contributed by atoms with Crippen molar-refractivity contribution in [2.75, 3.05) is 0 Å². The van der Waals surface area contributed by atoms with Crippen molar-refractivity contribution in [2.24, 2.45) is 0 Å². The summed E-state index contributed by atoms with van der Waals surface area (Å²) in [6, 6.07) is 0. The number of aliphatic carboxylic acids is 1. The molecular weight excluding hydrogens is 161 g/mol. The van der Waals surface area contributed by atoms with E-state index in [1.165, 1.54) is 0 Å². The van der Waals surface area contributed by atoms with Gasteiger partial charge in [0.2, 0.25) is 0 Å². The first kappa shape index (κ1) is 10.9. The van der Waals surface area contributed by atoms with Crippen molar-refractivity contribution in [3.63, 3.8) is 0 Å². The summed E-state index contributed by atoms with van der Waals surface area (Å²) in [6.07, 6.45) is -0.907. The number of aliphatic hydroxyl groups excluding tert-OH is 1. The zero-order chi connectivity index (χ0) is 5.86. The van der Waals surface area contributed by atoms with Gasteiger partial charge in [0.15, 0.2) is 6.10 Å². The zero-order valence-electron chi connectivity index (χ0n) is 4.79. The summed E-state index contributed by atoms with van der Waals surface area (Å²) < 4.78 is 0. The van der Waals surface area contributed by atoms with Crippen molar-refractivity contribution in [3.05, 3.63) is 0 Å². The third-order valence-electron chi connectivity index (χ3n) is 0.672. The van der Waals surface area contributed by atoms with Gasteiger partial charge >= 0.3 is 5.97 Å². The maximum atomic E-state index is 9.68. The quantitative estimate of drug-likeness (QED) is 0.565. The molecule has 0 saturated heterocycles. The second-order valence-corrected chi connectivity index (χ2v) is 1.26. The zero-order valence-corrected chi connectivity index (χ0v) is 7.76. The predicted molar refractivity (Wildman–Crippen MR) is 23.9 cm³/mol. The van der Waals surface area contributed by atoms with Gasteiger partial charge in [0.05, 0.1) is 0 Å². The van der Waals surface area contributed by atoms with Gasteiger partial charge in [-0.3, -0.25) is 0 Å². The molecule has 1 unspecified atom stereocenters. The minimum absolute atomic E-state index is 0. The third kappa shape index (κ3) is 4.22. The molecule has 0 heterocycles. The molecule has 44 valence electrons. The van der Waals surface area contributed by atoms with Crippen LogP contribution in [-0.4, -0.2) is 22.3 Å². The molecule has 0 rings (SSSR count). The summed E-state index contributed by atoms with van der Waals surface area (Å²) in [7, 11) is 0. The Labute approximate surface area is 60.5 Å². The van der Waals surface area contributed by atoms with E-state index in [0.29, 0.717) is 0 Å². The van der Waals surface area contributed by atoms with Gasteiger partial charge in [-0.2, -0.15) is 0 Å². The Hall–Kier alpha value is 0.0534. The van der Waals surface area contributed by atoms with Crippen LogP contribution in [0.25, 0.3) is 0 Å². The van der Waals surface area contributed by atoms with E-state index in [-0.39, 0.29) is 25.9 Å². The van der Waals surface area contributed by atoms with Crippen LogP contribution in [0.2, 0.25) is 0 Å². The fraction of sp³-hybridized carbons (Fsp3) is 0.750. The Morgan fingerprint density at radius 2 is 2.12 bits per heavy atom. The number of hydrogen-bond donors (Lipinski definition) is 2. The first-order chi connectivity index (χ1) is 3.18. The molecule has 0 aliphatic carbocycles. The number of aliphatic hydroxyl groups is 1. The summed E-state index contributed by atoms with van der Waals surface area (Å²) >= 11 is 0. The Bertz CT molecular complexity index is 73.7. The van der Waals surface area contributed by atoms with E-state index in [1.54, 1.807) is 6.92 Å². The Kier molecular flexibility index (Phi) is 7.10. The molecule has 0 aromatic heterocycles. The van der Waals surface area contributed by atoms with Crippen molar-refractivity contribution < 1.29 is 34.5 Å². The van der Waals surface area contributed by atoms with E-state index in [1.807, 2.05) is 0 Å². The van der Waals surface area contributed by atoms with Crippen LogP contribution < -0.4 is 0 Å². The van der Waals surface area contributed by atoms with Crippen molar-refractivity contribution in [1.29, 1.82) is 0 Å². The van der Waals surface area contributed by atoms with Crippen LogP contribution in [0, 0.1) is 0 Å². The third-order valence-corrected chi connectivity index (χ3v) is 0.672. The molecule has 0 aromatic carbocycles. The second kappa shape index (κ2) is 5.20. The largest absolute Gasteiger partial charge is 0.479 e. The van der Waals surface area contributed by atoms with Crippen LogP contribution in [-0.2, 0) is 24.3 Å². The minimum Gasteiger partial charge on any atom is -0.479 e. The van der Waals surface area contributed by atoms with Gasteiger partial charge in [0, 0.05) is 19.5 Å². The Balaban J connectivity index is 0. The van der Waals surface area contributed by atoms with Gasteiger partial charge in [-0.05, 0) is 6.42 Å². The van der Waals surface area contributed by atoms with Crippen LogP contribution in [0.3, 0.4) is 0 Å².